The van der Waals surface area contributed by atoms with Gasteiger partial charge in [-0.2, -0.15) is 0 Å². The van der Waals surface area contributed by atoms with Crippen molar-refractivity contribution in [2.45, 2.75) is 25.3 Å². The molecule has 4 rings (SSSR count). The smallest absolute Gasteiger partial charge is 0.258 e. The second kappa shape index (κ2) is 6.76. The molecule has 1 N–H and O–H groups in total. The minimum atomic E-state index is -0.417. The number of nitrogens with one attached hydrogen (secondary N) is 1. The summed E-state index contributed by atoms with van der Waals surface area (Å²) in [7, 11) is 0. The summed E-state index contributed by atoms with van der Waals surface area (Å²) in [5.74, 6) is 0.487. The first-order chi connectivity index (χ1) is 12.2. The molecular weight excluding hydrogens is 317 g/mol. The van der Waals surface area contributed by atoms with Crippen molar-refractivity contribution in [1.82, 2.24) is 14.9 Å². The van der Waals surface area contributed by atoms with E-state index in [2.05, 4.69) is 39.1 Å². The van der Waals surface area contributed by atoms with Gasteiger partial charge in [0, 0.05) is 19.0 Å². The van der Waals surface area contributed by atoms with E-state index in [1.54, 1.807) is 6.07 Å². The first-order valence-electron chi connectivity index (χ1n) is 8.65. The first kappa shape index (κ1) is 16.0. The van der Waals surface area contributed by atoms with E-state index in [-0.39, 0.29) is 11.5 Å². The van der Waals surface area contributed by atoms with Crippen LogP contribution in [0.15, 0.2) is 53.3 Å². The number of nitrogens with zero attached hydrogens (tertiary/aromatic N) is 2. The van der Waals surface area contributed by atoms with Crippen LogP contribution in [0.3, 0.4) is 0 Å². The topological polar surface area (TPSA) is 49.0 Å². The van der Waals surface area contributed by atoms with Crippen LogP contribution in [0.5, 0.6) is 0 Å². The fraction of sp³-hybridized carbons (Fsp3) is 0.300. The van der Waals surface area contributed by atoms with Crippen LogP contribution in [0.4, 0.5) is 4.39 Å². The molecule has 128 valence electrons. The van der Waals surface area contributed by atoms with Crippen LogP contribution < -0.4 is 5.56 Å². The van der Waals surface area contributed by atoms with Crippen LogP contribution in [-0.2, 0) is 6.54 Å². The molecule has 25 heavy (non-hydrogen) atoms. The molecule has 0 spiro atoms. The highest BCUT2D eigenvalue weighted by Crippen LogP contribution is 2.26. The largest absolute Gasteiger partial charge is 0.310 e. The van der Waals surface area contributed by atoms with Crippen molar-refractivity contribution < 1.29 is 4.39 Å². The number of H-pyrrole nitrogens is 1. The maximum absolute atomic E-state index is 13.3. The Morgan fingerprint density at radius 2 is 2.04 bits per heavy atom. The van der Waals surface area contributed by atoms with Gasteiger partial charge in [-0.3, -0.25) is 9.69 Å². The maximum atomic E-state index is 13.3. The van der Waals surface area contributed by atoms with Crippen LogP contribution in [0.2, 0.25) is 0 Å². The Morgan fingerprint density at radius 3 is 2.88 bits per heavy atom. The number of fused-ring (bicyclic) bond motifs is 1. The Morgan fingerprint density at radius 1 is 1.20 bits per heavy atom. The number of hydrogen-bond donors (Lipinski definition) is 1. The summed E-state index contributed by atoms with van der Waals surface area (Å²) in [5.41, 5.74) is 1.58. The lowest BCUT2D eigenvalue weighted by Crippen LogP contribution is -2.35. The number of likely N-dealkylation sites (tertiary alicyclic amines) is 1. The summed E-state index contributed by atoms with van der Waals surface area (Å²) in [6.45, 7) is 2.82. The highest BCUT2D eigenvalue weighted by molar-refractivity contribution is 5.77. The number of rotatable bonds is 3. The van der Waals surface area contributed by atoms with Gasteiger partial charge >= 0.3 is 0 Å². The van der Waals surface area contributed by atoms with Gasteiger partial charge in [-0.15, -0.1) is 0 Å². The molecule has 3 aromatic rings. The molecule has 1 atom stereocenters. The lowest BCUT2D eigenvalue weighted by atomic mass is 9.96. The monoisotopic (exact) mass is 337 g/mol. The quantitative estimate of drug-likeness (QED) is 0.796. The van der Waals surface area contributed by atoms with E-state index in [0.717, 1.165) is 32.5 Å². The fourth-order valence-electron chi connectivity index (χ4n) is 3.59. The summed E-state index contributed by atoms with van der Waals surface area (Å²) in [4.78, 5) is 22.2. The molecule has 0 saturated carbocycles. The molecule has 1 aliphatic rings. The van der Waals surface area contributed by atoms with Crippen molar-refractivity contribution in [3.63, 3.8) is 0 Å². The lowest BCUT2D eigenvalue weighted by molar-refractivity contribution is 0.196. The summed E-state index contributed by atoms with van der Waals surface area (Å²) in [5, 5.41) is 0.306. The fourth-order valence-corrected chi connectivity index (χ4v) is 3.59. The van der Waals surface area contributed by atoms with E-state index in [1.807, 2.05) is 6.07 Å². The highest BCUT2D eigenvalue weighted by Gasteiger charge is 2.23. The second-order valence-corrected chi connectivity index (χ2v) is 6.67. The lowest BCUT2D eigenvalue weighted by Gasteiger charge is -2.32. The van der Waals surface area contributed by atoms with Crippen LogP contribution in [0, 0.1) is 5.82 Å². The summed E-state index contributed by atoms with van der Waals surface area (Å²) in [6, 6.07) is 14.6. The Kier molecular flexibility index (Phi) is 4.32. The van der Waals surface area contributed by atoms with Gasteiger partial charge in [0.25, 0.3) is 5.56 Å². The standard InChI is InChI=1S/C20H20FN3O/c21-16-8-9-18-17(11-16)20(25)23-19(22-18)15-7-4-10-24(13-15)12-14-5-2-1-3-6-14/h1-3,5-6,8-9,11,15H,4,7,10,12-13H2,(H,22,23,25). The minimum absolute atomic E-state index is 0.194. The van der Waals surface area contributed by atoms with Gasteiger partial charge in [0.05, 0.1) is 10.9 Å². The summed E-state index contributed by atoms with van der Waals surface area (Å²) in [6.07, 6.45) is 2.07. The maximum Gasteiger partial charge on any atom is 0.258 e. The number of piperidine rings is 1. The van der Waals surface area contributed by atoms with E-state index in [4.69, 9.17) is 0 Å². The SMILES string of the molecule is O=c1[nH]c(C2CCCN(Cc3ccccc3)C2)nc2ccc(F)cc12. The molecule has 2 aromatic carbocycles. The van der Waals surface area contributed by atoms with Crippen LogP contribution in [0.25, 0.3) is 10.9 Å². The van der Waals surface area contributed by atoms with Crippen LogP contribution in [-0.4, -0.2) is 28.0 Å². The molecule has 0 radical (unpaired) electrons. The van der Waals surface area contributed by atoms with Gasteiger partial charge in [0.1, 0.15) is 11.6 Å². The van der Waals surface area contributed by atoms with Crippen molar-refractivity contribution >= 4 is 10.9 Å². The highest BCUT2D eigenvalue weighted by atomic mass is 19.1. The van der Waals surface area contributed by atoms with Gasteiger partial charge in [-0.05, 0) is 43.1 Å². The van der Waals surface area contributed by atoms with E-state index >= 15 is 0 Å². The molecule has 0 amide bonds. The van der Waals surface area contributed by atoms with E-state index < -0.39 is 5.82 Å². The molecule has 4 nitrogen and oxygen atoms in total. The van der Waals surface area contributed by atoms with Crippen molar-refractivity contribution in [1.29, 1.82) is 0 Å². The van der Waals surface area contributed by atoms with Gasteiger partial charge in [-0.25, -0.2) is 9.37 Å². The zero-order valence-electron chi connectivity index (χ0n) is 13.9. The molecule has 1 saturated heterocycles. The van der Waals surface area contributed by atoms with Gasteiger partial charge in [-0.1, -0.05) is 30.3 Å². The minimum Gasteiger partial charge on any atom is -0.310 e. The summed E-state index contributed by atoms with van der Waals surface area (Å²) >= 11 is 0. The van der Waals surface area contributed by atoms with Gasteiger partial charge in [0.2, 0.25) is 0 Å². The Hall–Kier alpha value is -2.53. The predicted molar refractivity (Wildman–Crippen MR) is 96.0 cm³/mol. The van der Waals surface area contributed by atoms with E-state index in [9.17, 15) is 9.18 Å². The molecule has 1 fully saturated rings. The number of aromatic amines is 1. The molecule has 1 aliphatic heterocycles. The third-order valence-corrected chi connectivity index (χ3v) is 4.83. The molecule has 5 heteroatoms. The summed E-state index contributed by atoms with van der Waals surface area (Å²) < 4.78 is 13.3. The average Bonchev–Trinajstić information content (AvgIpc) is 2.63. The second-order valence-electron chi connectivity index (χ2n) is 6.67. The normalized spacial score (nSPS) is 18.5. The molecular formula is C20H20FN3O. The molecule has 0 bridgehead atoms. The predicted octanol–water partition coefficient (Wildman–Crippen LogP) is 3.44. The number of halogens is 1. The number of aromatic nitrogens is 2. The number of hydrogen-bond acceptors (Lipinski definition) is 3. The van der Waals surface area contributed by atoms with Crippen molar-refractivity contribution in [3.05, 3.63) is 76.1 Å². The Labute approximate surface area is 145 Å². The number of benzene rings is 2. The Bertz CT molecular complexity index is 939. The van der Waals surface area contributed by atoms with Crippen molar-refractivity contribution in [3.8, 4) is 0 Å². The molecule has 2 heterocycles. The van der Waals surface area contributed by atoms with E-state index in [0.29, 0.717) is 16.7 Å². The first-order valence-corrected chi connectivity index (χ1v) is 8.65. The molecule has 1 aromatic heterocycles. The van der Waals surface area contributed by atoms with Crippen LogP contribution in [0.1, 0.15) is 30.1 Å². The Balaban J connectivity index is 1.58. The third-order valence-electron chi connectivity index (χ3n) is 4.83. The molecule has 1 unspecified atom stereocenters. The average molecular weight is 337 g/mol. The van der Waals surface area contributed by atoms with Crippen LogP contribution >= 0.6 is 0 Å². The van der Waals surface area contributed by atoms with Gasteiger partial charge in [0.15, 0.2) is 0 Å². The van der Waals surface area contributed by atoms with E-state index in [1.165, 1.54) is 17.7 Å². The molecule has 0 aliphatic carbocycles. The van der Waals surface area contributed by atoms with Crippen molar-refractivity contribution in [2.75, 3.05) is 13.1 Å². The zero-order chi connectivity index (χ0) is 17.2. The third kappa shape index (κ3) is 3.46. The van der Waals surface area contributed by atoms with Crippen molar-refractivity contribution in [2.24, 2.45) is 0 Å². The van der Waals surface area contributed by atoms with Gasteiger partial charge < -0.3 is 4.98 Å². The zero-order valence-corrected chi connectivity index (χ0v) is 13.9.